The molecule has 0 atom stereocenters. The van der Waals surface area contributed by atoms with Crippen molar-refractivity contribution in [1.29, 1.82) is 0 Å². The first-order valence-corrected chi connectivity index (χ1v) is 8.43. The molecule has 0 saturated carbocycles. The van der Waals surface area contributed by atoms with Crippen molar-refractivity contribution in [2.75, 3.05) is 36.0 Å². The summed E-state index contributed by atoms with van der Waals surface area (Å²) in [6, 6.07) is 17.8. The van der Waals surface area contributed by atoms with Crippen molar-refractivity contribution < 1.29 is 0 Å². The fraction of sp³-hybridized carbons (Fsp3) is 0.400. The van der Waals surface area contributed by atoms with Crippen molar-refractivity contribution in [3.05, 3.63) is 48.5 Å². The Morgan fingerprint density at radius 3 is 1.00 bits per heavy atom. The Balaban J connectivity index is 2.18. The van der Waals surface area contributed by atoms with Crippen LogP contribution in [0, 0.1) is 0 Å². The molecule has 2 heteroatoms. The SMILES string of the molecule is CCN(CC)c1ccc(-c2ccc(N(CC)CC)cc2)cc1. The minimum atomic E-state index is 1.05. The molecule has 118 valence electrons. The molecule has 22 heavy (non-hydrogen) atoms. The van der Waals surface area contributed by atoms with E-state index in [-0.39, 0.29) is 0 Å². The lowest BCUT2D eigenvalue weighted by Crippen LogP contribution is -2.21. The Morgan fingerprint density at radius 1 is 0.500 bits per heavy atom. The van der Waals surface area contributed by atoms with E-state index >= 15 is 0 Å². The van der Waals surface area contributed by atoms with Gasteiger partial charge in [0.05, 0.1) is 0 Å². The van der Waals surface area contributed by atoms with Gasteiger partial charge in [-0.3, -0.25) is 0 Å². The summed E-state index contributed by atoms with van der Waals surface area (Å²) in [6.45, 7) is 13.0. The third-order valence-electron chi connectivity index (χ3n) is 4.33. The van der Waals surface area contributed by atoms with E-state index in [1.807, 2.05) is 0 Å². The molecule has 2 rings (SSSR count). The van der Waals surface area contributed by atoms with E-state index in [2.05, 4.69) is 86.0 Å². The second-order valence-electron chi connectivity index (χ2n) is 5.44. The molecule has 0 saturated heterocycles. The molecular formula is C20H28N2. The summed E-state index contributed by atoms with van der Waals surface area (Å²) in [4.78, 5) is 4.74. The molecule has 0 bridgehead atoms. The van der Waals surface area contributed by atoms with Gasteiger partial charge in [-0.2, -0.15) is 0 Å². The van der Waals surface area contributed by atoms with Crippen LogP contribution in [-0.2, 0) is 0 Å². The third kappa shape index (κ3) is 3.62. The zero-order chi connectivity index (χ0) is 15.9. The maximum Gasteiger partial charge on any atom is 0.0366 e. The van der Waals surface area contributed by atoms with E-state index in [0.29, 0.717) is 0 Å². The number of rotatable bonds is 7. The van der Waals surface area contributed by atoms with Crippen molar-refractivity contribution in [1.82, 2.24) is 0 Å². The lowest BCUT2D eigenvalue weighted by Gasteiger charge is -2.22. The molecule has 2 aromatic rings. The van der Waals surface area contributed by atoms with Gasteiger partial charge in [-0.05, 0) is 63.1 Å². The molecule has 0 radical (unpaired) electrons. The lowest BCUT2D eigenvalue weighted by atomic mass is 10.0. The van der Waals surface area contributed by atoms with Gasteiger partial charge in [0.25, 0.3) is 0 Å². The molecule has 0 aromatic heterocycles. The first-order chi connectivity index (χ1) is 10.7. The van der Waals surface area contributed by atoms with E-state index in [4.69, 9.17) is 0 Å². The molecule has 0 N–H and O–H groups in total. The summed E-state index contributed by atoms with van der Waals surface area (Å²) in [5, 5.41) is 0. The number of benzene rings is 2. The minimum absolute atomic E-state index is 1.05. The predicted molar refractivity (Wildman–Crippen MR) is 99.0 cm³/mol. The van der Waals surface area contributed by atoms with Crippen LogP contribution in [0.5, 0.6) is 0 Å². The van der Waals surface area contributed by atoms with Crippen LogP contribution in [0.15, 0.2) is 48.5 Å². The number of hydrogen-bond acceptors (Lipinski definition) is 2. The molecule has 2 aromatic carbocycles. The van der Waals surface area contributed by atoms with E-state index in [1.165, 1.54) is 22.5 Å². The summed E-state index contributed by atoms with van der Waals surface area (Å²) >= 11 is 0. The average Bonchev–Trinajstić information content (AvgIpc) is 2.58. The summed E-state index contributed by atoms with van der Waals surface area (Å²) in [5.41, 5.74) is 5.16. The van der Waals surface area contributed by atoms with Crippen LogP contribution in [0.25, 0.3) is 11.1 Å². The standard InChI is InChI=1S/C20H28N2/c1-5-21(6-2)19-13-9-17(10-14-19)18-11-15-20(16-12-18)22(7-3)8-4/h9-16H,5-8H2,1-4H3. The van der Waals surface area contributed by atoms with Crippen LogP contribution in [0.1, 0.15) is 27.7 Å². The highest BCUT2D eigenvalue weighted by Crippen LogP contribution is 2.25. The quantitative estimate of drug-likeness (QED) is 0.705. The van der Waals surface area contributed by atoms with Crippen LogP contribution < -0.4 is 9.80 Å². The van der Waals surface area contributed by atoms with Gasteiger partial charge in [-0.25, -0.2) is 0 Å². The lowest BCUT2D eigenvalue weighted by molar-refractivity contribution is 0.866. The average molecular weight is 296 g/mol. The summed E-state index contributed by atoms with van der Waals surface area (Å²) in [5.74, 6) is 0. The Bertz CT molecular complexity index is 496. The Kier molecular flexibility index (Phi) is 5.88. The van der Waals surface area contributed by atoms with Crippen LogP contribution in [0.3, 0.4) is 0 Å². The number of nitrogens with zero attached hydrogens (tertiary/aromatic N) is 2. The van der Waals surface area contributed by atoms with Crippen LogP contribution in [-0.4, -0.2) is 26.2 Å². The van der Waals surface area contributed by atoms with Gasteiger partial charge in [0.2, 0.25) is 0 Å². The summed E-state index contributed by atoms with van der Waals surface area (Å²) in [7, 11) is 0. The van der Waals surface area contributed by atoms with E-state index in [9.17, 15) is 0 Å². The summed E-state index contributed by atoms with van der Waals surface area (Å²) < 4.78 is 0. The molecule has 0 aliphatic rings. The molecule has 2 nitrogen and oxygen atoms in total. The van der Waals surface area contributed by atoms with Crippen molar-refractivity contribution in [2.45, 2.75) is 27.7 Å². The smallest absolute Gasteiger partial charge is 0.0366 e. The highest BCUT2D eigenvalue weighted by Gasteiger charge is 2.04. The van der Waals surface area contributed by atoms with Gasteiger partial charge < -0.3 is 9.80 Å². The van der Waals surface area contributed by atoms with E-state index in [1.54, 1.807) is 0 Å². The molecule has 0 spiro atoms. The van der Waals surface area contributed by atoms with Gasteiger partial charge in [-0.1, -0.05) is 24.3 Å². The van der Waals surface area contributed by atoms with Crippen molar-refractivity contribution >= 4 is 11.4 Å². The van der Waals surface area contributed by atoms with Gasteiger partial charge in [-0.15, -0.1) is 0 Å². The fourth-order valence-corrected chi connectivity index (χ4v) is 2.91. The monoisotopic (exact) mass is 296 g/mol. The van der Waals surface area contributed by atoms with Crippen LogP contribution in [0.4, 0.5) is 11.4 Å². The highest BCUT2D eigenvalue weighted by molar-refractivity contribution is 5.68. The van der Waals surface area contributed by atoms with Crippen molar-refractivity contribution in [3.63, 3.8) is 0 Å². The van der Waals surface area contributed by atoms with E-state index < -0.39 is 0 Å². The molecular weight excluding hydrogens is 268 g/mol. The fourth-order valence-electron chi connectivity index (χ4n) is 2.91. The largest absolute Gasteiger partial charge is 0.372 e. The number of hydrogen-bond donors (Lipinski definition) is 0. The zero-order valence-electron chi connectivity index (χ0n) is 14.3. The van der Waals surface area contributed by atoms with Gasteiger partial charge in [0.1, 0.15) is 0 Å². The Morgan fingerprint density at radius 2 is 0.773 bits per heavy atom. The molecule has 0 amide bonds. The molecule has 0 fully saturated rings. The maximum absolute atomic E-state index is 2.37. The Hall–Kier alpha value is -1.96. The second-order valence-corrected chi connectivity index (χ2v) is 5.44. The minimum Gasteiger partial charge on any atom is -0.372 e. The molecule has 0 aliphatic carbocycles. The maximum atomic E-state index is 2.37. The van der Waals surface area contributed by atoms with Gasteiger partial charge >= 0.3 is 0 Å². The van der Waals surface area contributed by atoms with Gasteiger partial charge in [0.15, 0.2) is 0 Å². The van der Waals surface area contributed by atoms with Crippen molar-refractivity contribution in [2.24, 2.45) is 0 Å². The Labute approximate surface area is 135 Å². The van der Waals surface area contributed by atoms with E-state index in [0.717, 1.165) is 26.2 Å². The second kappa shape index (κ2) is 7.88. The molecule has 0 aliphatic heterocycles. The normalized spacial score (nSPS) is 10.5. The van der Waals surface area contributed by atoms with Crippen molar-refractivity contribution in [3.8, 4) is 11.1 Å². The predicted octanol–water partition coefficient (Wildman–Crippen LogP) is 5.05. The first kappa shape index (κ1) is 16.4. The zero-order valence-corrected chi connectivity index (χ0v) is 14.3. The first-order valence-electron chi connectivity index (χ1n) is 8.43. The van der Waals surface area contributed by atoms with Crippen LogP contribution >= 0.6 is 0 Å². The number of anilines is 2. The third-order valence-corrected chi connectivity index (χ3v) is 4.33. The van der Waals surface area contributed by atoms with Gasteiger partial charge in [0, 0.05) is 37.6 Å². The molecule has 0 heterocycles. The topological polar surface area (TPSA) is 6.48 Å². The van der Waals surface area contributed by atoms with Crippen LogP contribution in [0.2, 0.25) is 0 Å². The summed E-state index contributed by atoms with van der Waals surface area (Å²) in [6.07, 6.45) is 0. The molecule has 0 unspecified atom stereocenters. The highest BCUT2D eigenvalue weighted by atomic mass is 15.1.